The molecule has 1 aromatic carbocycles. The summed E-state index contributed by atoms with van der Waals surface area (Å²) in [6.45, 7) is 2.23. The highest BCUT2D eigenvalue weighted by Gasteiger charge is 2.02. The molecule has 2 N–H and O–H groups in total. The van der Waals surface area contributed by atoms with Gasteiger partial charge in [0.25, 0.3) is 0 Å². The maximum Gasteiger partial charge on any atom is 0.126 e. The first-order valence-electron chi connectivity index (χ1n) is 5.12. The number of nitrogens with two attached hydrogens (primary N) is 1. The lowest BCUT2D eigenvalue weighted by molar-refractivity contribution is 0.619. The van der Waals surface area contributed by atoms with Gasteiger partial charge in [-0.25, -0.2) is 4.39 Å². The van der Waals surface area contributed by atoms with Crippen molar-refractivity contribution >= 4 is 0 Å². The second-order valence-corrected chi connectivity index (χ2v) is 3.72. The molecule has 0 saturated carbocycles. The Morgan fingerprint density at radius 3 is 2.62 bits per heavy atom. The summed E-state index contributed by atoms with van der Waals surface area (Å²) in [5.74, 6) is -0.192. The van der Waals surface area contributed by atoms with E-state index < -0.39 is 0 Å². The maximum absolute atomic E-state index is 13.1. The zero-order valence-electron chi connectivity index (χ0n) is 9.07. The fraction of sp³-hybridized carbons (Fsp3) is 0.154. The minimum Gasteiger partial charge on any atom is -0.326 e. The molecule has 0 unspecified atom stereocenters. The van der Waals surface area contributed by atoms with Crippen molar-refractivity contribution in [3.63, 3.8) is 0 Å². The zero-order chi connectivity index (χ0) is 11.5. The minimum atomic E-state index is -0.192. The number of hydrogen-bond acceptors (Lipinski definition) is 2. The summed E-state index contributed by atoms with van der Waals surface area (Å²) in [5.41, 5.74) is 8.86. The molecule has 1 aromatic heterocycles. The van der Waals surface area contributed by atoms with Crippen LogP contribution in [0.5, 0.6) is 0 Å². The Kier molecular flexibility index (Phi) is 2.97. The van der Waals surface area contributed by atoms with E-state index >= 15 is 0 Å². The quantitative estimate of drug-likeness (QED) is 0.838. The third kappa shape index (κ3) is 2.09. The lowest BCUT2D eigenvalue weighted by Gasteiger charge is -2.04. The first kappa shape index (κ1) is 10.8. The molecule has 3 heteroatoms. The molecule has 0 aliphatic rings. The van der Waals surface area contributed by atoms with E-state index in [1.165, 1.54) is 6.07 Å². The highest BCUT2D eigenvalue weighted by molar-refractivity contribution is 5.60. The van der Waals surface area contributed by atoms with Crippen LogP contribution in [-0.4, -0.2) is 4.98 Å². The highest BCUT2D eigenvalue weighted by atomic mass is 19.1. The third-order valence-corrected chi connectivity index (χ3v) is 2.51. The van der Waals surface area contributed by atoms with Gasteiger partial charge in [0.1, 0.15) is 5.82 Å². The average molecular weight is 216 g/mol. The lowest BCUT2D eigenvalue weighted by atomic mass is 10.1. The van der Waals surface area contributed by atoms with Gasteiger partial charge < -0.3 is 5.73 Å². The minimum absolute atomic E-state index is 0.192. The van der Waals surface area contributed by atoms with Crippen molar-refractivity contribution in [3.8, 4) is 11.3 Å². The Hall–Kier alpha value is -1.74. The molecule has 2 nitrogen and oxygen atoms in total. The molecule has 2 aromatic rings. The van der Waals surface area contributed by atoms with Crippen LogP contribution in [0.15, 0.2) is 36.5 Å². The van der Waals surface area contributed by atoms with Gasteiger partial charge in [-0.3, -0.25) is 4.98 Å². The van der Waals surface area contributed by atoms with E-state index in [2.05, 4.69) is 4.98 Å². The van der Waals surface area contributed by atoms with Crippen LogP contribution in [-0.2, 0) is 6.54 Å². The fourth-order valence-corrected chi connectivity index (χ4v) is 1.52. The van der Waals surface area contributed by atoms with Gasteiger partial charge in [0.05, 0.1) is 5.69 Å². The lowest BCUT2D eigenvalue weighted by Crippen LogP contribution is -1.97. The summed E-state index contributed by atoms with van der Waals surface area (Å²) in [6, 6.07) is 8.81. The van der Waals surface area contributed by atoms with Gasteiger partial charge in [-0.05, 0) is 42.3 Å². The van der Waals surface area contributed by atoms with Crippen LogP contribution in [0.4, 0.5) is 4.39 Å². The molecule has 0 aliphatic heterocycles. The van der Waals surface area contributed by atoms with Crippen LogP contribution in [0, 0.1) is 12.7 Å². The van der Waals surface area contributed by atoms with Gasteiger partial charge in [-0.2, -0.15) is 0 Å². The van der Waals surface area contributed by atoms with Crippen molar-refractivity contribution in [1.29, 1.82) is 0 Å². The van der Waals surface area contributed by atoms with E-state index in [9.17, 15) is 4.39 Å². The molecule has 0 fully saturated rings. The second-order valence-electron chi connectivity index (χ2n) is 3.72. The van der Waals surface area contributed by atoms with Crippen molar-refractivity contribution in [3.05, 3.63) is 53.5 Å². The smallest absolute Gasteiger partial charge is 0.126 e. The molecule has 0 bridgehead atoms. The summed E-state index contributed by atoms with van der Waals surface area (Å²) in [7, 11) is 0. The molecular formula is C13H13FN2. The Morgan fingerprint density at radius 2 is 2.06 bits per heavy atom. The largest absolute Gasteiger partial charge is 0.326 e. The van der Waals surface area contributed by atoms with E-state index in [1.54, 1.807) is 25.3 Å². The van der Waals surface area contributed by atoms with Gasteiger partial charge in [0.2, 0.25) is 0 Å². The summed E-state index contributed by atoms with van der Waals surface area (Å²) < 4.78 is 13.1. The van der Waals surface area contributed by atoms with Crippen LogP contribution < -0.4 is 5.73 Å². The molecule has 0 amide bonds. The van der Waals surface area contributed by atoms with Crippen LogP contribution in [0.1, 0.15) is 11.1 Å². The first-order chi connectivity index (χ1) is 7.70. The standard InChI is InChI=1S/C13H13FN2/c1-9-6-11(3-4-12(9)14)13-5-2-10(7-15)8-16-13/h2-6,8H,7,15H2,1H3. The van der Waals surface area contributed by atoms with Gasteiger partial charge in [0.15, 0.2) is 0 Å². The normalized spacial score (nSPS) is 10.4. The van der Waals surface area contributed by atoms with Gasteiger partial charge >= 0.3 is 0 Å². The van der Waals surface area contributed by atoms with E-state index in [-0.39, 0.29) is 5.82 Å². The second kappa shape index (κ2) is 4.41. The van der Waals surface area contributed by atoms with E-state index in [0.717, 1.165) is 16.8 Å². The van der Waals surface area contributed by atoms with Crippen molar-refractivity contribution in [2.45, 2.75) is 13.5 Å². The SMILES string of the molecule is Cc1cc(-c2ccc(CN)cn2)ccc1F. The Morgan fingerprint density at radius 1 is 1.25 bits per heavy atom. The number of benzene rings is 1. The monoisotopic (exact) mass is 216 g/mol. The summed E-state index contributed by atoms with van der Waals surface area (Å²) in [6.07, 6.45) is 1.74. The van der Waals surface area contributed by atoms with Gasteiger partial charge in [0, 0.05) is 18.3 Å². The molecule has 0 saturated heterocycles. The summed E-state index contributed by atoms with van der Waals surface area (Å²) >= 11 is 0. The maximum atomic E-state index is 13.1. The predicted octanol–water partition coefficient (Wildman–Crippen LogP) is 2.65. The molecule has 0 atom stereocenters. The number of rotatable bonds is 2. The van der Waals surface area contributed by atoms with Crippen molar-refractivity contribution < 1.29 is 4.39 Å². The Bertz CT molecular complexity index is 492. The molecular weight excluding hydrogens is 203 g/mol. The number of pyridine rings is 1. The number of aromatic nitrogens is 1. The van der Waals surface area contributed by atoms with Gasteiger partial charge in [-0.1, -0.05) is 6.07 Å². The molecule has 0 spiro atoms. The van der Waals surface area contributed by atoms with Crippen LogP contribution in [0.2, 0.25) is 0 Å². The van der Waals surface area contributed by atoms with Crippen molar-refractivity contribution in [2.75, 3.05) is 0 Å². The Labute approximate surface area is 93.9 Å². The summed E-state index contributed by atoms with van der Waals surface area (Å²) in [4.78, 5) is 4.29. The van der Waals surface area contributed by atoms with Crippen LogP contribution >= 0.6 is 0 Å². The number of nitrogens with zero attached hydrogens (tertiary/aromatic N) is 1. The molecule has 16 heavy (non-hydrogen) atoms. The molecule has 82 valence electrons. The topological polar surface area (TPSA) is 38.9 Å². The van der Waals surface area contributed by atoms with Gasteiger partial charge in [-0.15, -0.1) is 0 Å². The van der Waals surface area contributed by atoms with E-state index in [1.807, 2.05) is 12.1 Å². The van der Waals surface area contributed by atoms with Crippen molar-refractivity contribution in [2.24, 2.45) is 5.73 Å². The fourth-order valence-electron chi connectivity index (χ4n) is 1.52. The third-order valence-electron chi connectivity index (χ3n) is 2.51. The Balaban J connectivity index is 2.38. The summed E-state index contributed by atoms with van der Waals surface area (Å²) in [5, 5.41) is 0. The zero-order valence-corrected chi connectivity index (χ0v) is 9.07. The number of hydrogen-bond donors (Lipinski definition) is 1. The van der Waals surface area contributed by atoms with Crippen LogP contribution in [0.3, 0.4) is 0 Å². The molecule has 1 heterocycles. The highest BCUT2D eigenvalue weighted by Crippen LogP contribution is 2.19. The molecule has 0 aliphatic carbocycles. The average Bonchev–Trinajstić information content (AvgIpc) is 2.33. The van der Waals surface area contributed by atoms with Crippen molar-refractivity contribution in [1.82, 2.24) is 4.98 Å². The van der Waals surface area contributed by atoms with Crippen LogP contribution in [0.25, 0.3) is 11.3 Å². The molecule has 2 rings (SSSR count). The molecule has 0 radical (unpaired) electrons. The predicted molar refractivity (Wildman–Crippen MR) is 62.3 cm³/mol. The van der Waals surface area contributed by atoms with E-state index in [0.29, 0.717) is 12.1 Å². The number of aryl methyl sites for hydroxylation is 1. The first-order valence-corrected chi connectivity index (χ1v) is 5.12. The van der Waals surface area contributed by atoms with E-state index in [4.69, 9.17) is 5.73 Å². The number of halogens is 1.